The summed E-state index contributed by atoms with van der Waals surface area (Å²) in [6.45, 7) is 3.19. The monoisotopic (exact) mass is 256 g/mol. The predicted molar refractivity (Wildman–Crippen MR) is 74.9 cm³/mol. The van der Waals surface area contributed by atoms with E-state index >= 15 is 0 Å². The SMILES string of the molecule is CCN(c1ccc(C#N)nc1)C1CC2CCC(C1)N2. The van der Waals surface area contributed by atoms with E-state index in [1.54, 1.807) is 0 Å². The van der Waals surface area contributed by atoms with Crippen LogP contribution in [0.15, 0.2) is 18.3 Å². The van der Waals surface area contributed by atoms with Gasteiger partial charge in [-0.1, -0.05) is 0 Å². The third-order valence-corrected chi connectivity index (χ3v) is 4.42. The van der Waals surface area contributed by atoms with E-state index < -0.39 is 0 Å². The Kier molecular flexibility index (Phi) is 3.39. The van der Waals surface area contributed by atoms with Crippen molar-refractivity contribution < 1.29 is 0 Å². The Morgan fingerprint density at radius 2 is 2.11 bits per heavy atom. The molecule has 2 unspecified atom stereocenters. The van der Waals surface area contributed by atoms with E-state index in [0.717, 1.165) is 12.2 Å². The highest BCUT2D eigenvalue weighted by molar-refractivity contribution is 5.47. The minimum absolute atomic E-state index is 0.491. The summed E-state index contributed by atoms with van der Waals surface area (Å²) >= 11 is 0. The molecule has 2 aliphatic heterocycles. The molecular formula is C15H20N4. The van der Waals surface area contributed by atoms with Crippen LogP contribution in [0.4, 0.5) is 5.69 Å². The molecule has 0 saturated carbocycles. The minimum atomic E-state index is 0.491. The molecule has 2 aliphatic rings. The molecule has 4 heteroatoms. The van der Waals surface area contributed by atoms with E-state index in [1.165, 1.54) is 25.7 Å². The van der Waals surface area contributed by atoms with E-state index in [-0.39, 0.29) is 0 Å². The number of pyridine rings is 1. The lowest BCUT2D eigenvalue weighted by atomic mass is 9.97. The van der Waals surface area contributed by atoms with Crippen molar-refractivity contribution >= 4 is 5.69 Å². The highest BCUT2D eigenvalue weighted by Gasteiger charge is 2.35. The van der Waals surface area contributed by atoms with Crippen LogP contribution in [0.25, 0.3) is 0 Å². The van der Waals surface area contributed by atoms with E-state index in [9.17, 15) is 0 Å². The molecule has 0 aromatic carbocycles. The zero-order chi connectivity index (χ0) is 13.2. The molecule has 19 heavy (non-hydrogen) atoms. The maximum Gasteiger partial charge on any atom is 0.140 e. The van der Waals surface area contributed by atoms with Crippen LogP contribution in [0.2, 0.25) is 0 Å². The van der Waals surface area contributed by atoms with Crippen molar-refractivity contribution in [3.8, 4) is 6.07 Å². The molecule has 1 aromatic rings. The van der Waals surface area contributed by atoms with Crippen LogP contribution < -0.4 is 10.2 Å². The number of hydrogen-bond donors (Lipinski definition) is 1. The van der Waals surface area contributed by atoms with Gasteiger partial charge in [0, 0.05) is 24.7 Å². The molecule has 3 heterocycles. The minimum Gasteiger partial charge on any atom is -0.367 e. The average molecular weight is 256 g/mol. The second kappa shape index (κ2) is 5.18. The molecule has 3 rings (SSSR count). The lowest BCUT2D eigenvalue weighted by Gasteiger charge is -2.38. The molecular weight excluding hydrogens is 236 g/mol. The number of aromatic nitrogens is 1. The quantitative estimate of drug-likeness (QED) is 0.899. The first-order chi connectivity index (χ1) is 9.30. The fraction of sp³-hybridized carbons (Fsp3) is 0.600. The summed E-state index contributed by atoms with van der Waals surface area (Å²) in [4.78, 5) is 6.64. The van der Waals surface area contributed by atoms with Crippen molar-refractivity contribution in [2.24, 2.45) is 0 Å². The van der Waals surface area contributed by atoms with Crippen LogP contribution >= 0.6 is 0 Å². The number of piperidine rings is 1. The number of nitrogens with zero attached hydrogens (tertiary/aromatic N) is 3. The largest absolute Gasteiger partial charge is 0.367 e. The van der Waals surface area contributed by atoms with Gasteiger partial charge in [0.25, 0.3) is 0 Å². The predicted octanol–water partition coefficient (Wildman–Crippen LogP) is 2.06. The van der Waals surface area contributed by atoms with Crippen LogP contribution in [0.3, 0.4) is 0 Å². The molecule has 1 N–H and O–H groups in total. The van der Waals surface area contributed by atoms with Crippen molar-refractivity contribution in [2.75, 3.05) is 11.4 Å². The smallest absolute Gasteiger partial charge is 0.140 e. The normalized spacial score (nSPS) is 28.9. The number of nitriles is 1. The molecule has 0 radical (unpaired) electrons. The van der Waals surface area contributed by atoms with Crippen LogP contribution in [0.5, 0.6) is 0 Å². The lowest BCUT2D eigenvalue weighted by molar-refractivity contribution is 0.349. The van der Waals surface area contributed by atoms with Crippen molar-refractivity contribution in [3.63, 3.8) is 0 Å². The Morgan fingerprint density at radius 1 is 1.37 bits per heavy atom. The number of anilines is 1. The van der Waals surface area contributed by atoms with Gasteiger partial charge >= 0.3 is 0 Å². The number of hydrogen-bond acceptors (Lipinski definition) is 4. The third kappa shape index (κ3) is 2.43. The van der Waals surface area contributed by atoms with Gasteiger partial charge in [0.2, 0.25) is 0 Å². The standard InChI is InChI=1S/C15H20N4/c1-2-19(14-6-5-13(9-16)17-10-14)15-7-11-3-4-12(8-15)18-11/h5-6,10-12,15,18H,2-4,7-8H2,1H3. The zero-order valence-corrected chi connectivity index (χ0v) is 11.3. The molecule has 100 valence electrons. The summed E-state index contributed by atoms with van der Waals surface area (Å²) in [5, 5.41) is 12.5. The average Bonchev–Trinajstić information content (AvgIpc) is 2.79. The Labute approximate surface area is 114 Å². The first kappa shape index (κ1) is 12.4. The van der Waals surface area contributed by atoms with Crippen LogP contribution in [0.1, 0.15) is 38.3 Å². The van der Waals surface area contributed by atoms with Gasteiger partial charge < -0.3 is 10.2 Å². The number of rotatable bonds is 3. The van der Waals surface area contributed by atoms with Gasteiger partial charge in [0.15, 0.2) is 0 Å². The van der Waals surface area contributed by atoms with Gasteiger partial charge in [-0.15, -0.1) is 0 Å². The van der Waals surface area contributed by atoms with E-state index in [1.807, 2.05) is 18.3 Å². The molecule has 1 aromatic heterocycles. The Hall–Kier alpha value is -1.60. The lowest BCUT2D eigenvalue weighted by Crippen LogP contribution is -2.48. The topological polar surface area (TPSA) is 52.0 Å². The van der Waals surface area contributed by atoms with E-state index in [2.05, 4.69) is 28.2 Å². The molecule has 2 bridgehead atoms. The third-order valence-electron chi connectivity index (χ3n) is 4.42. The van der Waals surface area contributed by atoms with Crippen molar-refractivity contribution in [2.45, 2.75) is 50.7 Å². The van der Waals surface area contributed by atoms with Crippen molar-refractivity contribution in [1.29, 1.82) is 5.26 Å². The summed E-state index contributed by atoms with van der Waals surface area (Å²) in [5.41, 5.74) is 1.64. The second-order valence-corrected chi connectivity index (χ2v) is 5.56. The first-order valence-electron chi connectivity index (χ1n) is 7.19. The van der Waals surface area contributed by atoms with Gasteiger partial charge in [0.05, 0.1) is 11.9 Å². The van der Waals surface area contributed by atoms with Crippen LogP contribution in [-0.4, -0.2) is 29.7 Å². The van der Waals surface area contributed by atoms with Crippen LogP contribution in [0, 0.1) is 11.3 Å². The van der Waals surface area contributed by atoms with Gasteiger partial charge in [-0.2, -0.15) is 5.26 Å². The summed E-state index contributed by atoms with van der Waals surface area (Å²) < 4.78 is 0. The number of fused-ring (bicyclic) bond motifs is 2. The van der Waals surface area contributed by atoms with Gasteiger partial charge in [0.1, 0.15) is 11.8 Å². The summed E-state index contributed by atoms with van der Waals surface area (Å²) in [5.74, 6) is 0. The van der Waals surface area contributed by atoms with Gasteiger partial charge in [-0.05, 0) is 44.7 Å². The highest BCUT2D eigenvalue weighted by atomic mass is 15.2. The molecule has 2 saturated heterocycles. The summed E-state index contributed by atoms with van der Waals surface area (Å²) in [6.07, 6.45) is 6.94. The highest BCUT2D eigenvalue weighted by Crippen LogP contribution is 2.31. The Morgan fingerprint density at radius 3 is 2.63 bits per heavy atom. The molecule has 0 spiro atoms. The van der Waals surface area contributed by atoms with Gasteiger partial charge in [-0.3, -0.25) is 0 Å². The van der Waals surface area contributed by atoms with E-state index in [0.29, 0.717) is 23.8 Å². The Bertz CT molecular complexity index is 464. The van der Waals surface area contributed by atoms with Crippen molar-refractivity contribution in [3.05, 3.63) is 24.0 Å². The number of nitrogens with one attached hydrogen (secondary N) is 1. The van der Waals surface area contributed by atoms with Crippen molar-refractivity contribution in [1.82, 2.24) is 10.3 Å². The van der Waals surface area contributed by atoms with Crippen LogP contribution in [-0.2, 0) is 0 Å². The maximum atomic E-state index is 8.82. The molecule has 0 amide bonds. The first-order valence-corrected chi connectivity index (χ1v) is 7.19. The molecule has 2 fully saturated rings. The maximum absolute atomic E-state index is 8.82. The van der Waals surface area contributed by atoms with E-state index in [4.69, 9.17) is 5.26 Å². The summed E-state index contributed by atoms with van der Waals surface area (Å²) in [7, 11) is 0. The Balaban J connectivity index is 1.78. The summed E-state index contributed by atoms with van der Waals surface area (Å²) in [6, 6.07) is 7.92. The fourth-order valence-electron chi connectivity index (χ4n) is 3.56. The zero-order valence-electron chi connectivity index (χ0n) is 11.3. The fourth-order valence-corrected chi connectivity index (χ4v) is 3.56. The molecule has 2 atom stereocenters. The second-order valence-electron chi connectivity index (χ2n) is 5.56. The molecule has 4 nitrogen and oxygen atoms in total. The van der Waals surface area contributed by atoms with Gasteiger partial charge in [-0.25, -0.2) is 4.98 Å². The molecule has 0 aliphatic carbocycles.